The number of carbonyl (C=O) groups is 1. The highest BCUT2D eigenvalue weighted by Gasteiger charge is 2.28. The van der Waals surface area contributed by atoms with Crippen LogP contribution in [-0.4, -0.2) is 41.9 Å². The van der Waals surface area contributed by atoms with Crippen LogP contribution in [0.5, 0.6) is 0 Å². The van der Waals surface area contributed by atoms with Gasteiger partial charge in [-0.2, -0.15) is 0 Å². The van der Waals surface area contributed by atoms with Crippen LogP contribution in [0.1, 0.15) is 25.8 Å². The second kappa shape index (κ2) is 6.20. The molecule has 0 radical (unpaired) electrons. The lowest BCUT2D eigenvalue weighted by molar-refractivity contribution is -0.135. The zero-order valence-corrected chi connectivity index (χ0v) is 12.2. The number of amides is 1. The summed E-state index contributed by atoms with van der Waals surface area (Å²) in [6, 6.07) is 10.9. The fourth-order valence-corrected chi connectivity index (χ4v) is 2.70. The standard InChI is InChI=1S/C16H24N2O/c1-13(2)16(19)17(3)15-9-10-18(12-15)11-14-7-5-4-6-8-14/h4-8,13,15H,9-12H2,1-3H3/t15-/m0/s1. The Balaban J connectivity index is 1.88. The zero-order valence-electron chi connectivity index (χ0n) is 12.2. The van der Waals surface area contributed by atoms with Crippen molar-refractivity contribution in [2.45, 2.75) is 32.9 Å². The van der Waals surface area contributed by atoms with Gasteiger partial charge in [-0.15, -0.1) is 0 Å². The number of rotatable bonds is 4. The molecule has 19 heavy (non-hydrogen) atoms. The van der Waals surface area contributed by atoms with Gasteiger partial charge in [-0.1, -0.05) is 44.2 Å². The molecule has 1 aromatic rings. The highest BCUT2D eigenvalue weighted by atomic mass is 16.2. The van der Waals surface area contributed by atoms with Gasteiger partial charge in [-0.3, -0.25) is 9.69 Å². The average Bonchev–Trinajstić information content (AvgIpc) is 2.86. The van der Waals surface area contributed by atoms with Gasteiger partial charge in [0.05, 0.1) is 0 Å². The van der Waals surface area contributed by atoms with E-state index >= 15 is 0 Å². The van der Waals surface area contributed by atoms with Crippen molar-refractivity contribution in [1.82, 2.24) is 9.80 Å². The van der Waals surface area contributed by atoms with Crippen molar-refractivity contribution >= 4 is 5.91 Å². The molecule has 0 unspecified atom stereocenters. The van der Waals surface area contributed by atoms with Gasteiger partial charge in [0, 0.05) is 38.6 Å². The summed E-state index contributed by atoms with van der Waals surface area (Å²) < 4.78 is 0. The van der Waals surface area contributed by atoms with E-state index < -0.39 is 0 Å². The Morgan fingerprint density at radius 2 is 2.05 bits per heavy atom. The third kappa shape index (κ3) is 3.57. The topological polar surface area (TPSA) is 23.6 Å². The van der Waals surface area contributed by atoms with Crippen molar-refractivity contribution in [3.63, 3.8) is 0 Å². The van der Waals surface area contributed by atoms with E-state index in [1.54, 1.807) is 0 Å². The highest BCUT2D eigenvalue weighted by Crippen LogP contribution is 2.18. The second-order valence-electron chi connectivity index (χ2n) is 5.77. The van der Waals surface area contributed by atoms with Crippen molar-refractivity contribution in [3.05, 3.63) is 35.9 Å². The maximum atomic E-state index is 12.0. The van der Waals surface area contributed by atoms with Crippen molar-refractivity contribution in [1.29, 1.82) is 0 Å². The average molecular weight is 260 g/mol. The molecule has 0 bridgehead atoms. The molecular weight excluding hydrogens is 236 g/mol. The molecule has 1 fully saturated rings. The Labute approximate surface area is 116 Å². The molecule has 1 saturated heterocycles. The summed E-state index contributed by atoms with van der Waals surface area (Å²) in [7, 11) is 1.94. The van der Waals surface area contributed by atoms with Crippen LogP contribution in [0.15, 0.2) is 30.3 Å². The van der Waals surface area contributed by atoms with Crippen LogP contribution >= 0.6 is 0 Å². The van der Waals surface area contributed by atoms with E-state index in [2.05, 4.69) is 29.2 Å². The van der Waals surface area contributed by atoms with Crippen LogP contribution in [0.3, 0.4) is 0 Å². The number of hydrogen-bond donors (Lipinski definition) is 0. The Bertz CT molecular complexity index is 416. The van der Waals surface area contributed by atoms with Crippen LogP contribution in [0, 0.1) is 5.92 Å². The van der Waals surface area contributed by atoms with E-state index in [4.69, 9.17) is 0 Å². The summed E-state index contributed by atoms with van der Waals surface area (Å²) in [5.41, 5.74) is 1.35. The summed E-state index contributed by atoms with van der Waals surface area (Å²) in [6.45, 7) is 6.99. The Morgan fingerprint density at radius 3 is 2.68 bits per heavy atom. The molecule has 2 rings (SSSR count). The first kappa shape index (κ1) is 14.1. The lowest BCUT2D eigenvalue weighted by Crippen LogP contribution is -2.41. The van der Waals surface area contributed by atoms with Crippen molar-refractivity contribution in [2.24, 2.45) is 5.92 Å². The number of likely N-dealkylation sites (tertiary alicyclic amines) is 1. The molecule has 1 amide bonds. The Kier molecular flexibility index (Phi) is 4.59. The number of likely N-dealkylation sites (N-methyl/N-ethyl adjacent to an activating group) is 1. The molecule has 1 aliphatic heterocycles. The summed E-state index contributed by atoms with van der Waals surface area (Å²) in [5.74, 6) is 0.347. The number of nitrogens with zero attached hydrogens (tertiary/aromatic N) is 2. The van der Waals surface area contributed by atoms with Gasteiger partial charge < -0.3 is 4.90 Å². The lowest BCUT2D eigenvalue weighted by Gasteiger charge is -2.26. The van der Waals surface area contributed by atoms with E-state index in [0.29, 0.717) is 6.04 Å². The molecule has 3 nitrogen and oxygen atoms in total. The summed E-state index contributed by atoms with van der Waals surface area (Å²) in [5, 5.41) is 0. The molecule has 0 aromatic heterocycles. The molecule has 0 N–H and O–H groups in total. The number of hydrogen-bond acceptors (Lipinski definition) is 2. The monoisotopic (exact) mass is 260 g/mol. The Morgan fingerprint density at radius 1 is 1.37 bits per heavy atom. The first-order chi connectivity index (χ1) is 9.08. The Hall–Kier alpha value is -1.35. The molecule has 1 aromatic carbocycles. The van der Waals surface area contributed by atoms with Crippen LogP contribution in [0.4, 0.5) is 0 Å². The number of carbonyl (C=O) groups excluding carboxylic acids is 1. The van der Waals surface area contributed by atoms with E-state index in [1.165, 1.54) is 5.56 Å². The highest BCUT2D eigenvalue weighted by molar-refractivity contribution is 5.78. The fourth-order valence-electron chi connectivity index (χ4n) is 2.70. The SMILES string of the molecule is CC(C)C(=O)N(C)[C@H]1CCN(Cc2ccccc2)C1. The largest absolute Gasteiger partial charge is 0.341 e. The minimum atomic E-state index is 0.0909. The van der Waals surface area contributed by atoms with Crippen molar-refractivity contribution < 1.29 is 4.79 Å². The van der Waals surface area contributed by atoms with Crippen LogP contribution in [0.2, 0.25) is 0 Å². The molecule has 0 saturated carbocycles. The van der Waals surface area contributed by atoms with Gasteiger partial charge in [0.2, 0.25) is 5.91 Å². The molecule has 1 atom stereocenters. The minimum absolute atomic E-state index is 0.0909. The normalized spacial score (nSPS) is 19.9. The van der Waals surface area contributed by atoms with Crippen molar-refractivity contribution in [3.8, 4) is 0 Å². The quantitative estimate of drug-likeness (QED) is 0.830. The van der Waals surface area contributed by atoms with Gasteiger partial charge in [-0.25, -0.2) is 0 Å². The second-order valence-corrected chi connectivity index (χ2v) is 5.77. The summed E-state index contributed by atoms with van der Waals surface area (Å²) in [4.78, 5) is 16.4. The van der Waals surface area contributed by atoms with Crippen molar-refractivity contribution in [2.75, 3.05) is 20.1 Å². The first-order valence-electron chi connectivity index (χ1n) is 7.11. The van der Waals surface area contributed by atoms with Gasteiger partial charge in [-0.05, 0) is 12.0 Å². The zero-order chi connectivity index (χ0) is 13.8. The first-order valence-corrected chi connectivity index (χ1v) is 7.11. The van der Waals surface area contributed by atoms with Crippen LogP contribution in [-0.2, 0) is 11.3 Å². The van der Waals surface area contributed by atoms with Crippen LogP contribution in [0.25, 0.3) is 0 Å². The maximum absolute atomic E-state index is 12.0. The van der Waals surface area contributed by atoms with Crippen LogP contribution < -0.4 is 0 Å². The van der Waals surface area contributed by atoms with E-state index in [-0.39, 0.29) is 11.8 Å². The summed E-state index contributed by atoms with van der Waals surface area (Å²) >= 11 is 0. The smallest absolute Gasteiger partial charge is 0.225 e. The molecular formula is C16H24N2O. The predicted octanol–water partition coefficient (Wildman–Crippen LogP) is 2.38. The van der Waals surface area contributed by atoms with E-state index in [0.717, 1.165) is 26.1 Å². The summed E-state index contributed by atoms with van der Waals surface area (Å²) in [6.07, 6.45) is 1.09. The van der Waals surface area contributed by atoms with Gasteiger partial charge in [0.1, 0.15) is 0 Å². The fraction of sp³-hybridized carbons (Fsp3) is 0.562. The van der Waals surface area contributed by atoms with Gasteiger partial charge in [0.15, 0.2) is 0 Å². The molecule has 0 spiro atoms. The predicted molar refractivity (Wildman–Crippen MR) is 77.7 cm³/mol. The van der Waals surface area contributed by atoms with E-state index in [9.17, 15) is 4.79 Å². The number of benzene rings is 1. The van der Waals surface area contributed by atoms with Gasteiger partial charge >= 0.3 is 0 Å². The van der Waals surface area contributed by atoms with Gasteiger partial charge in [0.25, 0.3) is 0 Å². The molecule has 0 aliphatic carbocycles. The molecule has 1 aliphatic rings. The molecule has 1 heterocycles. The molecule has 104 valence electrons. The minimum Gasteiger partial charge on any atom is -0.341 e. The third-order valence-corrected chi connectivity index (χ3v) is 3.89. The lowest BCUT2D eigenvalue weighted by atomic mass is 10.1. The third-order valence-electron chi connectivity index (χ3n) is 3.89. The van der Waals surface area contributed by atoms with E-state index in [1.807, 2.05) is 31.9 Å². The molecule has 3 heteroatoms. The maximum Gasteiger partial charge on any atom is 0.225 e.